The Morgan fingerprint density at radius 3 is 1.41 bits per heavy atom. The van der Waals surface area contributed by atoms with Crippen LogP contribution < -0.4 is 0 Å². The Morgan fingerprint density at radius 1 is 0.704 bits per heavy atom. The van der Waals surface area contributed by atoms with Crippen molar-refractivity contribution < 1.29 is 5.11 Å². The molecule has 4 heteroatoms. The number of rotatable bonds is 20. The van der Waals surface area contributed by atoms with Crippen molar-refractivity contribution >= 4 is 24.0 Å². The first kappa shape index (κ1) is 29.7. The molecule has 0 radical (unpaired) electrons. The van der Waals surface area contributed by atoms with Crippen molar-refractivity contribution in [2.45, 2.75) is 128 Å². The highest BCUT2D eigenvalue weighted by Crippen LogP contribution is 2.16. The molecule has 2 nitrogen and oxygen atoms in total. The molecule has 27 heavy (non-hydrogen) atoms. The summed E-state index contributed by atoms with van der Waals surface area (Å²) in [5.41, 5.74) is 0. The second-order valence-electron chi connectivity index (χ2n) is 8.40. The van der Waals surface area contributed by atoms with Gasteiger partial charge in [-0.15, -0.1) is 24.0 Å². The van der Waals surface area contributed by atoms with Crippen LogP contribution in [-0.4, -0.2) is 42.1 Å². The van der Waals surface area contributed by atoms with Crippen LogP contribution in [0.3, 0.4) is 0 Å². The van der Waals surface area contributed by atoms with Gasteiger partial charge in [-0.25, -0.2) is 0 Å². The molecule has 0 aliphatic rings. The van der Waals surface area contributed by atoms with Crippen LogP contribution in [0.2, 0.25) is 0 Å². The highest BCUT2D eigenvalue weighted by Gasteiger charge is 2.15. The van der Waals surface area contributed by atoms with E-state index in [0.29, 0.717) is 11.9 Å². The third-order valence-electron chi connectivity index (χ3n) is 5.59. The van der Waals surface area contributed by atoms with Gasteiger partial charge in [0.15, 0.2) is 0 Å². The maximum absolute atomic E-state index is 9.74. The lowest BCUT2D eigenvalue weighted by Crippen LogP contribution is -2.32. The highest BCUT2D eigenvalue weighted by atomic mass is 35.5. The number of aliphatic hydroxyl groups excluding tert-OH is 1. The van der Waals surface area contributed by atoms with E-state index in [4.69, 9.17) is 11.6 Å². The quantitative estimate of drug-likeness (QED) is 0.160. The molecule has 0 aliphatic heterocycles. The zero-order valence-corrected chi connectivity index (χ0v) is 20.1. The van der Waals surface area contributed by atoms with Crippen LogP contribution >= 0.6 is 24.0 Å². The predicted molar refractivity (Wildman–Crippen MR) is 126 cm³/mol. The van der Waals surface area contributed by atoms with Gasteiger partial charge in [-0.2, -0.15) is 0 Å². The predicted octanol–water partition coefficient (Wildman–Crippen LogP) is 7.59. The van der Waals surface area contributed by atoms with E-state index < -0.39 is 0 Å². The van der Waals surface area contributed by atoms with Gasteiger partial charge in [-0.3, -0.25) is 0 Å². The van der Waals surface area contributed by atoms with Gasteiger partial charge in [0, 0.05) is 11.9 Å². The molecule has 1 N–H and O–H groups in total. The Balaban J connectivity index is 0. The first-order valence-electron chi connectivity index (χ1n) is 11.5. The monoisotopic (exact) mass is 425 g/mol. The molecule has 0 rings (SSSR count). The maximum atomic E-state index is 9.74. The van der Waals surface area contributed by atoms with Crippen molar-refractivity contribution in [3.8, 4) is 0 Å². The van der Waals surface area contributed by atoms with Crippen LogP contribution in [0.25, 0.3) is 0 Å². The molecule has 2 unspecified atom stereocenters. The molecule has 0 heterocycles. The van der Waals surface area contributed by atoms with E-state index in [-0.39, 0.29) is 18.5 Å². The van der Waals surface area contributed by atoms with E-state index in [9.17, 15) is 5.11 Å². The summed E-state index contributed by atoms with van der Waals surface area (Å²) in [7, 11) is 4.22. The smallest absolute Gasteiger partial charge is 0.0690 e. The van der Waals surface area contributed by atoms with E-state index in [1.54, 1.807) is 0 Å². The molecular formula is C23H49Cl2NO. The Hall–Kier alpha value is 0.500. The Labute approximate surface area is 182 Å². The van der Waals surface area contributed by atoms with Gasteiger partial charge in [-0.1, -0.05) is 103 Å². The Bertz CT molecular complexity index is 277. The molecule has 0 saturated heterocycles. The molecule has 0 aliphatic carbocycles. The molecule has 0 fully saturated rings. The van der Waals surface area contributed by atoms with E-state index in [1.807, 2.05) is 0 Å². The molecule has 0 aromatic rings. The summed E-state index contributed by atoms with van der Waals surface area (Å²) in [6.45, 7) is 2.29. The van der Waals surface area contributed by atoms with Crippen molar-refractivity contribution in [1.82, 2.24) is 4.90 Å². The summed E-state index contributed by atoms with van der Waals surface area (Å²) in [4.78, 5) is 2.24. The summed E-state index contributed by atoms with van der Waals surface area (Å²) >= 11 is 5.73. The van der Waals surface area contributed by atoms with Gasteiger partial charge < -0.3 is 10.0 Å². The summed E-state index contributed by atoms with van der Waals surface area (Å²) in [5.74, 6) is 0.350. The minimum Gasteiger partial charge on any atom is -0.392 e. The summed E-state index contributed by atoms with van der Waals surface area (Å²) in [5, 5.41) is 9.74. The largest absolute Gasteiger partial charge is 0.392 e. The number of hydrogen-bond donors (Lipinski definition) is 1. The van der Waals surface area contributed by atoms with E-state index in [0.717, 1.165) is 6.42 Å². The molecule has 166 valence electrons. The summed E-state index contributed by atoms with van der Waals surface area (Å²) in [6.07, 6.45) is 22.8. The fourth-order valence-corrected chi connectivity index (χ4v) is 3.84. The van der Waals surface area contributed by atoms with Gasteiger partial charge in [0.1, 0.15) is 0 Å². The average Bonchev–Trinajstić information content (AvgIpc) is 2.63. The van der Waals surface area contributed by atoms with E-state index in [1.165, 1.54) is 103 Å². The molecular weight excluding hydrogens is 377 g/mol. The van der Waals surface area contributed by atoms with Crippen LogP contribution in [-0.2, 0) is 0 Å². The zero-order valence-electron chi connectivity index (χ0n) is 18.6. The SMILES string of the molecule is CCCCCCCCCCCCCCCCCC(CC(O)CCl)N(C)C.Cl. The fourth-order valence-electron chi connectivity index (χ4n) is 3.72. The van der Waals surface area contributed by atoms with Gasteiger partial charge in [0.05, 0.1) is 6.10 Å². The second kappa shape index (κ2) is 22.8. The molecule has 0 saturated carbocycles. The van der Waals surface area contributed by atoms with Crippen LogP contribution in [0.5, 0.6) is 0 Å². The fraction of sp³-hybridized carbons (Fsp3) is 1.00. The second-order valence-corrected chi connectivity index (χ2v) is 8.71. The lowest BCUT2D eigenvalue weighted by atomic mass is 10.00. The normalized spacial score (nSPS) is 13.6. The minimum absolute atomic E-state index is 0. The Kier molecular flexibility index (Phi) is 25.1. The highest BCUT2D eigenvalue weighted by molar-refractivity contribution is 6.18. The third kappa shape index (κ3) is 21.0. The number of nitrogens with zero attached hydrogens (tertiary/aromatic N) is 1. The average molecular weight is 427 g/mol. The van der Waals surface area contributed by atoms with Crippen LogP contribution in [0.1, 0.15) is 116 Å². The lowest BCUT2D eigenvalue weighted by Gasteiger charge is -2.26. The van der Waals surface area contributed by atoms with Crippen molar-refractivity contribution in [2.24, 2.45) is 0 Å². The first-order valence-corrected chi connectivity index (χ1v) is 12.1. The first-order chi connectivity index (χ1) is 12.6. The zero-order chi connectivity index (χ0) is 19.5. The van der Waals surface area contributed by atoms with Gasteiger partial charge in [0.25, 0.3) is 0 Å². The van der Waals surface area contributed by atoms with Crippen LogP contribution in [0.15, 0.2) is 0 Å². The number of halogens is 2. The van der Waals surface area contributed by atoms with Crippen molar-refractivity contribution in [3.05, 3.63) is 0 Å². The molecule has 0 aromatic heterocycles. The van der Waals surface area contributed by atoms with Crippen LogP contribution in [0, 0.1) is 0 Å². The maximum Gasteiger partial charge on any atom is 0.0690 e. The summed E-state index contributed by atoms with van der Waals surface area (Å²) < 4.78 is 0. The lowest BCUT2D eigenvalue weighted by molar-refractivity contribution is 0.135. The van der Waals surface area contributed by atoms with E-state index in [2.05, 4.69) is 25.9 Å². The van der Waals surface area contributed by atoms with Gasteiger partial charge in [0.2, 0.25) is 0 Å². The van der Waals surface area contributed by atoms with Crippen molar-refractivity contribution in [2.75, 3.05) is 20.0 Å². The van der Waals surface area contributed by atoms with E-state index >= 15 is 0 Å². The van der Waals surface area contributed by atoms with Crippen LogP contribution in [0.4, 0.5) is 0 Å². The molecule has 0 spiro atoms. The molecule has 0 amide bonds. The van der Waals surface area contributed by atoms with Gasteiger partial charge >= 0.3 is 0 Å². The van der Waals surface area contributed by atoms with Gasteiger partial charge in [-0.05, 0) is 26.9 Å². The number of aliphatic hydroxyl groups is 1. The minimum atomic E-state index is -0.361. The topological polar surface area (TPSA) is 23.5 Å². The number of unbranched alkanes of at least 4 members (excludes halogenated alkanes) is 14. The number of hydrogen-bond acceptors (Lipinski definition) is 2. The van der Waals surface area contributed by atoms with Crippen molar-refractivity contribution in [1.29, 1.82) is 0 Å². The molecule has 0 aromatic carbocycles. The molecule has 0 bridgehead atoms. The third-order valence-corrected chi connectivity index (χ3v) is 5.95. The summed E-state index contributed by atoms with van der Waals surface area (Å²) in [6, 6.07) is 0.464. The van der Waals surface area contributed by atoms with Crippen molar-refractivity contribution in [3.63, 3.8) is 0 Å². The Morgan fingerprint density at radius 2 is 1.07 bits per heavy atom. The standard InChI is InChI=1S/C23H48ClNO.ClH/c1-4-5-6-7-8-9-10-11-12-13-14-15-16-17-18-19-22(25(2)3)20-23(26)21-24;/h22-23,26H,4-21H2,1-3H3;1H. The number of alkyl halides is 1. The molecule has 2 atom stereocenters.